The molecule has 3 fully saturated rings. The maximum atomic E-state index is 13.9. The number of nitrogens with zero attached hydrogens (tertiary/aromatic N) is 3. The Morgan fingerprint density at radius 2 is 1.61 bits per heavy atom. The molecule has 1 unspecified atom stereocenters. The highest BCUT2D eigenvalue weighted by Crippen LogP contribution is 2.43. The van der Waals surface area contributed by atoms with E-state index < -0.39 is 30.7 Å². The van der Waals surface area contributed by atoms with E-state index >= 15 is 0 Å². The zero-order chi connectivity index (χ0) is 37.9. The number of fused-ring (bicyclic) bond motifs is 4. The van der Waals surface area contributed by atoms with Crippen LogP contribution in [0.4, 0.5) is 16.2 Å². The van der Waals surface area contributed by atoms with Crippen LogP contribution in [-0.4, -0.2) is 124 Å². The minimum Gasteiger partial charge on any atom is -0.493 e. The predicted molar refractivity (Wildman–Crippen MR) is 193 cm³/mol. The summed E-state index contributed by atoms with van der Waals surface area (Å²) in [7, 11) is 2.95. The van der Waals surface area contributed by atoms with Crippen LogP contribution in [0.1, 0.15) is 65.7 Å². The second-order valence-corrected chi connectivity index (χ2v) is 13.8. The predicted octanol–water partition coefficient (Wildman–Crippen LogP) is 4.26. The maximum Gasteiger partial charge on any atom is 0.414 e. The number of nitrogens with one attached hydrogen (secondary N) is 1. The Balaban J connectivity index is 1.00. The van der Waals surface area contributed by atoms with E-state index in [4.69, 9.17) is 33.2 Å². The van der Waals surface area contributed by atoms with Crippen LogP contribution in [0.3, 0.4) is 0 Å². The molecule has 7 rings (SSSR count). The van der Waals surface area contributed by atoms with Crippen LogP contribution in [0.25, 0.3) is 0 Å². The molecule has 0 spiro atoms. The van der Waals surface area contributed by atoms with Gasteiger partial charge in [-0.25, -0.2) is 9.69 Å². The van der Waals surface area contributed by atoms with E-state index in [-0.39, 0.29) is 48.7 Å². The van der Waals surface area contributed by atoms with Gasteiger partial charge >= 0.3 is 6.09 Å². The Labute approximate surface area is 312 Å². The number of ether oxygens (including phenoxy) is 7. The van der Waals surface area contributed by atoms with Crippen molar-refractivity contribution in [1.82, 2.24) is 9.80 Å². The molecule has 54 heavy (non-hydrogen) atoms. The highest BCUT2D eigenvalue weighted by molar-refractivity contribution is 6.10. The fourth-order valence-corrected chi connectivity index (χ4v) is 7.59. The first-order valence-electron chi connectivity index (χ1n) is 18.3. The highest BCUT2D eigenvalue weighted by atomic mass is 16.7. The lowest BCUT2D eigenvalue weighted by atomic mass is 10.1. The summed E-state index contributed by atoms with van der Waals surface area (Å²) in [6, 6.07) is 4.97. The van der Waals surface area contributed by atoms with Crippen molar-refractivity contribution in [2.24, 2.45) is 0 Å². The van der Waals surface area contributed by atoms with Crippen LogP contribution < -0.4 is 29.2 Å². The van der Waals surface area contributed by atoms with Gasteiger partial charge in [-0.2, -0.15) is 0 Å². The van der Waals surface area contributed by atoms with Crippen LogP contribution in [-0.2, 0) is 19.0 Å². The monoisotopic (exact) mass is 750 g/mol. The SMILES string of the molecule is C=C1C[C@H]2[C@H](OC3CCCCO3)N(C(=O)O)c3cc(OCCCCCOc4cc5c(cc4OC)C(=O)N4CCOC[C@H]4C(=O)N5)c(OC)cc3C(=O)N2C1. The minimum atomic E-state index is -1.27. The topological polar surface area (TPSA) is 175 Å². The van der Waals surface area contributed by atoms with Crippen molar-refractivity contribution in [3.05, 3.63) is 47.5 Å². The summed E-state index contributed by atoms with van der Waals surface area (Å²) in [6.07, 6.45) is 1.90. The number of benzene rings is 2. The molecule has 2 aromatic rings. The Bertz CT molecular complexity index is 1800. The fourth-order valence-electron chi connectivity index (χ4n) is 7.59. The van der Waals surface area contributed by atoms with E-state index in [1.54, 1.807) is 17.0 Å². The third-order valence-corrected chi connectivity index (χ3v) is 10.3. The van der Waals surface area contributed by atoms with Crippen LogP contribution in [0.5, 0.6) is 23.0 Å². The van der Waals surface area contributed by atoms with Gasteiger partial charge in [0.05, 0.1) is 69.2 Å². The molecular formula is C38H46N4O12. The molecule has 5 heterocycles. The third-order valence-electron chi connectivity index (χ3n) is 10.3. The van der Waals surface area contributed by atoms with Crippen LogP contribution >= 0.6 is 0 Å². The zero-order valence-electron chi connectivity index (χ0n) is 30.5. The van der Waals surface area contributed by atoms with Gasteiger partial charge in [0.2, 0.25) is 5.91 Å². The first-order valence-corrected chi connectivity index (χ1v) is 18.3. The van der Waals surface area contributed by atoms with Gasteiger partial charge in [-0.05, 0) is 57.1 Å². The lowest BCUT2D eigenvalue weighted by molar-refractivity contribution is -0.195. The third kappa shape index (κ3) is 7.37. The molecule has 5 aliphatic heterocycles. The van der Waals surface area contributed by atoms with Crippen LogP contribution in [0, 0.1) is 0 Å². The molecule has 0 bridgehead atoms. The maximum absolute atomic E-state index is 13.9. The Morgan fingerprint density at radius 3 is 2.30 bits per heavy atom. The van der Waals surface area contributed by atoms with E-state index in [1.807, 2.05) is 0 Å². The Morgan fingerprint density at radius 1 is 0.907 bits per heavy atom. The van der Waals surface area contributed by atoms with E-state index in [0.717, 1.165) is 23.3 Å². The molecule has 0 aliphatic carbocycles. The second kappa shape index (κ2) is 16.1. The van der Waals surface area contributed by atoms with Gasteiger partial charge in [0, 0.05) is 31.8 Å². The normalized spacial score (nSPS) is 23.7. The number of carboxylic acid groups (broad SMARTS) is 1. The second-order valence-electron chi connectivity index (χ2n) is 13.8. The summed E-state index contributed by atoms with van der Waals surface area (Å²) in [5, 5.41) is 13.4. The van der Waals surface area contributed by atoms with Crippen LogP contribution in [0.15, 0.2) is 36.4 Å². The number of amides is 4. The van der Waals surface area contributed by atoms with Crippen molar-refractivity contribution in [2.45, 2.75) is 69.5 Å². The lowest BCUT2D eigenvalue weighted by Gasteiger charge is -2.37. The smallest absolute Gasteiger partial charge is 0.414 e. The van der Waals surface area contributed by atoms with Gasteiger partial charge in [0.25, 0.3) is 11.8 Å². The van der Waals surface area contributed by atoms with Gasteiger partial charge < -0.3 is 53.4 Å². The van der Waals surface area contributed by atoms with E-state index in [0.29, 0.717) is 92.7 Å². The van der Waals surface area contributed by atoms with Crippen molar-refractivity contribution < 1.29 is 57.4 Å². The highest BCUT2D eigenvalue weighted by Gasteiger charge is 2.48. The summed E-state index contributed by atoms with van der Waals surface area (Å²) in [5.74, 6) is 0.421. The molecule has 4 atom stereocenters. The average Bonchev–Trinajstić information content (AvgIpc) is 3.50. The van der Waals surface area contributed by atoms with Gasteiger partial charge in [-0.3, -0.25) is 14.4 Å². The van der Waals surface area contributed by atoms with Gasteiger partial charge in [-0.1, -0.05) is 12.2 Å². The number of carbonyl (C=O) groups excluding carboxylic acids is 3. The Hall–Kier alpha value is -5.06. The fraction of sp³-hybridized carbons (Fsp3) is 0.526. The number of hydrogen-bond acceptors (Lipinski definition) is 11. The summed E-state index contributed by atoms with van der Waals surface area (Å²) in [6.45, 7) is 6.31. The van der Waals surface area contributed by atoms with Crippen molar-refractivity contribution in [2.75, 3.05) is 70.6 Å². The van der Waals surface area contributed by atoms with E-state index in [1.165, 1.54) is 31.3 Å². The molecule has 2 aromatic carbocycles. The molecule has 16 nitrogen and oxygen atoms in total. The van der Waals surface area contributed by atoms with Crippen molar-refractivity contribution >= 4 is 35.2 Å². The van der Waals surface area contributed by atoms with Crippen molar-refractivity contribution in [1.29, 1.82) is 0 Å². The number of rotatable bonds is 12. The molecule has 16 heteroatoms. The quantitative estimate of drug-likeness (QED) is 0.233. The molecule has 0 aromatic heterocycles. The molecule has 0 saturated carbocycles. The number of morpholine rings is 1. The van der Waals surface area contributed by atoms with E-state index in [9.17, 15) is 24.3 Å². The molecule has 3 saturated heterocycles. The van der Waals surface area contributed by atoms with Crippen molar-refractivity contribution in [3.63, 3.8) is 0 Å². The minimum absolute atomic E-state index is 0.136. The first-order chi connectivity index (χ1) is 26.2. The molecule has 290 valence electrons. The number of methoxy groups -OCH3 is 2. The molecule has 5 aliphatic rings. The van der Waals surface area contributed by atoms with Crippen LogP contribution in [0.2, 0.25) is 0 Å². The number of carbonyl (C=O) groups is 4. The largest absolute Gasteiger partial charge is 0.493 e. The van der Waals surface area contributed by atoms with Crippen molar-refractivity contribution in [3.8, 4) is 23.0 Å². The van der Waals surface area contributed by atoms with Gasteiger partial charge in [0.15, 0.2) is 35.5 Å². The summed E-state index contributed by atoms with van der Waals surface area (Å²) < 4.78 is 40.9. The van der Waals surface area contributed by atoms with E-state index in [2.05, 4.69) is 11.9 Å². The Kier molecular flexibility index (Phi) is 11.1. The number of unbranched alkanes of at least 4 members (excludes halogenated alkanes) is 2. The standard InChI is InChI=1S/C38H46N4O12/c1-22-15-27-37(54-33-9-5-8-13-53-33)42(38(46)47)26-19-32(30(49-3)17-24(26)36(45)41(27)20-22)52-12-7-4-6-11-51-31-18-25-23(16-29(31)48-2)35(44)40-10-14-50-21-28(40)34(43)39-25/h16-19,27-28,33,37H,1,4-15,20-21H2,2-3H3,(H,39,43)(H,46,47)/t27-,28-,33?,37-/m0/s1. The number of hydrogen-bond donors (Lipinski definition) is 2. The molecule has 0 radical (unpaired) electrons. The summed E-state index contributed by atoms with van der Waals surface area (Å²) in [4.78, 5) is 57.3. The van der Waals surface area contributed by atoms with Gasteiger partial charge in [0.1, 0.15) is 6.04 Å². The molecule has 4 amide bonds. The average molecular weight is 751 g/mol. The summed E-state index contributed by atoms with van der Waals surface area (Å²) in [5.41, 5.74) is 1.80. The zero-order valence-corrected chi connectivity index (χ0v) is 30.5. The lowest BCUT2D eigenvalue weighted by Crippen LogP contribution is -2.53. The number of anilines is 2. The first kappa shape index (κ1) is 37.3. The molecular weight excluding hydrogens is 704 g/mol. The van der Waals surface area contributed by atoms with Gasteiger partial charge in [-0.15, -0.1) is 0 Å². The summed E-state index contributed by atoms with van der Waals surface area (Å²) >= 11 is 0. The molecule has 2 N–H and O–H groups in total.